The standard InChI is InChI=1S/C14H19N3O2/c1-2-11(13(15)16-19)14(18)17-9-5-7-10-6-3-4-8-12(10)17/h3-4,6,8,11,19H,2,5,7,9H2,1H3,(H2,15,16). The summed E-state index contributed by atoms with van der Waals surface area (Å²) in [4.78, 5) is 14.3. The minimum Gasteiger partial charge on any atom is -0.409 e. The lowest BCUT2D eigenvalue weighted by atomic mass is 9.98. The lowest BCUT2D eigenvalue weighted by Gasteiger charge is -2.31. The maximum atomic E-state index is 12.5. The fraction of sp³-hybridized carbons (Fsp3) is 0.429. The zero-order chi connectivity index (χ0) is 13.8. The van der Waals surface area contributed by atoms with Crippen molar-refractivity contribution in [1.29, 1.82) is 0 Å². The van der Waals surface area contributed by atoms with Crippen molar-refractivity contribution in [2.75, 3.05) is 11.4 Å². The molecule has 1 aromatic rings. The Kier molecular flexibility index (Phi) is 4.04. The molecule has 1 heterocycles. The van der Waals surface area contributed by atoms with Crippen LogP contribution in [0.4, 0.5) is 5.69 Å². The Hall–Kier alpha value is -2.04. The van der Waals surface area contributed by atoms with Gasteiger partial charge in [0.15, 0.2) is 5.84 Å². The average Bonchev–Trinajstić information content (AvgIpc) is 2.47. The first-order valence-electron chi connectivity index (χ1n) is 6.55. The van der Waals surface area contributed by atoms with Gasteiger partial charge in [0, 0.05) is 12.2 Å². The van der Waals surface area contributed by atoms with Gasteiger partial charge < -0.3 is 15.8 Å². The van der Waals surface area contributed by atoms with E-state index in [1.54, 1.807) is 4.90 Å². The molecule has 1 amide bonds. The van der Waals surface area contributed by atoms with E-state index in [2.05, 4.69) is 5.16 Å². The second-order valence-corrected chi connectivity index (χ2v) is 4.71. The van der Waals surface area contributed by atoms with Gasteiger partial charge in [-0.2, -0.15) is 0 Å². The molecule has 0 bridgehead atoms. The number of oxime groups is 1. The minimum absolute atomic E-state index is 0.0180. The van der Waals surface area contributed by atoms with Crippen LogP contribution in [0.15, 0.2) is 29.4 Å². The normalized spacial score (nSPS) is 16.9. The van der Waals surface area contributed by atoms with Crippen LogP contribution in [0.1, 0.15) is 25.3 Å². The van der Waals surface area contributed by atoms with E-state index in [0.29, 0.717) is 13.0 Å². The minimum atomic E-state index is -0.559. The summed E-state index contributed by atoms with van der Waals surface area (Å²) in [6.45, 7) is 2.54. The second-order valence-electron chi connectivity index (χ2n) is 4.71. The zero-order valence-corrected chi connectivity index (χ0v) is 11.0. The van der Waals surface area contributed by atoms with E-state index < -0.39 is 5.92 Å². The number of hydrogen-bond donors (Lipinski definition) is 2. The monoisotopic (exact) mass is 261 g/mol. The van der Waals surface area contributed by atoms with Crippen molar-refractivity contribution < 1.29 is 10.0 Å². The quantitative estimate of drug-likeness (QED) is 0.376. The largest absolute Gasteiger partial charge is 0.409 e. The number of aryl methyl sites for hydroxylation is 1. The van der Waals surface area contributed by atoms with E-state index in [4.69, 9.17) is 10.9 Å². The first kappa shape index (κ1) is 13.4. The summed E-state index contributed by atoms with van der Waals surface area (Å²) in [5.74, 6) is -0.670. The molecule has 1 aliphatic rings. The van der Waals surface area contributed by atoms with E-state index >= 15 is 0 Å². The van der Waals surface area contributed by atoms with Gasteiger partial charge in [0.25, 0.3) is 0 Å². The summed E-state index contributed by atoms with van der Waals surface area (Å²) >= 11 is 0. The van der Waals surface area contributed by atoms with Gasteiger partial charge in [0.05, 0.1) is 5.92 Å². The highest BCUT2D eigenvalue weighted by Gasteiger charge is 2.30. The third kappa shape index (κ3) is 2.54. The molecule has 0 fully saturated rings. The average molecular weight is 261 g/mol. The summed E-state index contributed by atoms with van der Waals surface area (Å²) in [6.07, 6.45) is 2.45. The fourth-order valence-electron chi connectivity index (χ4n) is 2.53. The van der Waals surface area contributed by atoms with Crippen molar-refractivity contribution in [2.45, 2.75) is 26.2 Å². The summed E-state index contributed by atoms with van der Waals surface area (Å²) in [5, 5.41) is 11.7. The highest BCUT2D eigenvalue weighted by Crippen LogP contribution is 2.28. The molecule has 1 aromatic carbocycles. The van der Waals surface area contributed by atoms with Gasteiger partial charge in [0.1, 0.15) is 0 Å². The number of carbonyl (C=O) groups excluding carboxylic acids is 1. The first-order valence-corrected chi connectivity index (χ1v) is 6.55. The third-order valence-electron chi connectivity index (χ3n) is 3.56. The number of amides is 1. The lowest BCUT2D eigenvalue weighted by molar-refractivity contribution is -0.120. The van der Waals surface area contributed by atoms with Gasteiger partial charge in [-0.15, -0.1) is 0 Å². The third-order valence-corrected chi connectivity index (χ3v) is 3.56. The highest BCUT2D eigenvalue weighted by atomic mass is 16.4. The van der Waals surface area contributed by atoms with Crippen LogP contribution >= 0.6 is 0 Å². The Labute approximate surface area is 112 Å². The number of nitrogens with two attached hydrogens (primary N) is 1. The molecule has 3 N–H and O–H groups in total. The number of fused-ring (bicyclic) bond motifs is 1. The molecule has 0 aromatic heterocycles. The first-order chi connectivity index (χ1) is 9.19. The summed E-state index contributed by atoms with van der Waals surface area (Å²) in [6, 6.07) is 7.90. The fourth-order valence-corrected chi connectivity index (χ4v) is 2.53. The van der Waals surface area contributed by atoms with Crippen LogP contribution in [0, 0.1) is 5.92 Å². The van der Waals surface area contributed by atoms with Crippen LogP contribution in [-0.4, -0.2) is 23.5 Å². The number of para-hydroxylation sites is 1. The van der Waals surface area contributed by atoms with E-state index in [9.17, 15) is 4.79 Å². The van der Waals surface area contributed by atoms with E-state index in [1.807, 2.05) is 31.2 Å². The Morgan fingerprint density at radius 2 is 2.26 bits per heavy atom. The molecular formula is C14H19N3O2. The van der Waals surface area contributed by atoms with E-state index in [0.717, 1.165) is 18.5 Å². The summed E-state index contributed by atoms with van der Waals surface area (Å²) in [7, 11) is 0. The molecule has 2 rings (SSSR count). The van der Waals surface area contributed by atoms with Crippen LogP contribution in [0.5, 0.6) is 0 Å². The number of rotatable bonds is 3. The van der Waals surface area contributed by atoms with Crippen LogP contribution in [0.3, 0.4) is 0 Å². The molecule has 0 aliphatic carbocycles. The van der Waals surface area contributed by atoms with Crippen LogP contribution < -0.4 is 10.6 Å². The topological polar surface area (TPSA) is 78.9 Å². The molecule has 102 valence electrons. The second kappa shape index (κ2) is 5.73. The SMILES string of the molecule is CCC(C(=O)N1CCCc2ccccc21)C(N)=NO. The molecule has 5 heteroatoms. The van der Waals surface area contributed by atoms with E-state index in [1.165, 1.54) is 5.56 Å². The van der Waals surface area contributed by atoms with Crippen molar-refractivity contribution in [3.8, 4) is 0 Å². The van der Waals surface area contributed by atoms with Crippen molar-refractivity contribution in [3.05, 3.63) is 29.8 Å². The number of nitrogens with zero attached hydrogens (tertiary/aromatic N) is 2. The predicted octanol–water partition coefficient (Wildman–Crippen LogP) is 1.74. The zero-order valence-electron chi connectivity index (χ0n) is 11.0. The van der Waals surface area contributed by atoms with Crippen LogP contribution in [0.25, 0.3) is 0 Å². The van der Waals surface area contributed by atoms with Gasteiger partial charge >= 0.3 is 0 Å². The Bertz CT molecular complexity index is 499. The number of amidine groups is 1. The van der Waals surface area contributed by atoms with E-state index in [-0.39, 0.29) is 11.7 Å². The molecule has 5 nitrogen and oxygen atoms in total. The lowest BCUT2D eigenvalue weighted by Crippen LogP contribution is -2.44. The van der Waals surface area contributed by atoms with Gasteiger partial charge in [-0.1, -0.05) is 30.3 Å². The number of hydrogen-bond acceptors (Lipinski definition) is 3. The Balaban J connectivity index is 2.30. The van der Waals surface area contributed by atoms with Crippen LogP contribution in [-0.2, 0) is 11.2 Å². The van der Waals surface area contributed by atoms with Crippen molar-refractivity contribution >= 4 is 17.4 Å². The molecule has 1 unspecified atom stereocenters. The van der Waals surface area contributed by atoms with Crippen molar-refractivity contribution in [3.63, 3.8) is 0 Å². The molecule has 1 atom stereocenters. The molecule has 0 saturated heterocycles. The summed E-state index contributed by atoms with van der Waals surface area (Å²) < 4.78 is 0. The number of carbonyl (C=O) groups is 1. The highest BCUT2D eigenvalue weighted by molar-refractivity contribution is 6.09. The maximum Gasteiger partial charge on any atom is 0.237 e. The molecular weight excluding hydrogens is 242 g/mol. The summed E-state index contributed by atoms with van der Waals surface area (Å²) in [5.41, 5.74) is 7.73. The van der Waals surface area contributed by atoms with Crippen molar-refractivity contribution in [2.24, 2.45) is 16.8 Å². The molecule has 0 spiro atoms. The molecule has 0 radical (unpaired) electrons. The molecule has 1 aliphatic heterocycles. The van der Waals surface area contributed by atoms with Crippen LogP contribution in [0.2, 0.25) is 0 Å². The van der Waals surface area contributed by atoms with Gasteiger partial charge in [-0.25, -0.2) is 0 Å². The van der Waals surface area contributed by atoms with Gasteiger partial charge in [0.2, 0.25) is 5.91 Å². The predicted molar refractivity (Wildman–Crippen MR) is 74.3 cm³/mol. The van der Waals surface area contributed by atoms with Gasteiger partial charge in [-0.3, -0.25) is 4.79 Å². The Morgan fingerprint density at radius 1 is 1.53 bits per heavy atom. The molecule has 19 heavy (non-hydrogen) atoms. The maximum absolute atomic E-state index is 12.5. The smallest absolute Gasteiger partial charge is 0.237 e. The van der Waals surface area contributed by atoms with Crippen molar-refractivity contribution in [1.82, 2.24) is 0 Å². The van der Waals surface area contributed by atoms with Gasteiger partial charge in [-0.05, 0) is 30.9 Å². The number of benzene rings is 1. The molecule has 0 saturated carbocycles. The number of anilines is 1. The Morgan fingerprint density at radius 3 is 2.95 bits per heavy atom.